The van der Waals surface area contributed by atoms with E-state index in [0.29, 0.717) is 0 Å². The van der Waals surface area contributed by atoms with Crippen LogP contribution in [0.5, 0.6) is 5.75 Å². The minimum Gasteiger partial charge on any atom is -0.508 e. The molecule has 9 nitrogen and oxygen atoms in total. The van der Waals surface area contributed by atoms with Gasteiger partial charge in [0.05, 0.1) is 10.5 Å². The average Bonchev–Trinajstić information content (AvgIpc) is 2.46. The summed E-state index contributed by atoms with van der Waals surface area (Å²) < 4.78 is 0. The van der Waals surface area contributed by atoms with Crippen LogP contribution < -0.4 is 11.3 Å². The fraction of sp³-hybridized carbons (Fsp3) is 0. The summed E-state index contributed by atoms with van der Waals surface area (Å²) in [6.45, 7) is 0. The number of nitriles is 2. The third-order valence-electron chi connectivity index (χ3n) is 2.91. The number of phenols is 1. The summed E-state index contributed by atoms with van der Waals surface area (Å²) in [4.78, 5) is 24.3. The fourth-order valence-electron chi connectivity index (χ4n) is 2.00. The molecule has 0 radical (unpaired) electrons. The van der Waals surface area contributed by atoms with Crippen LogP contribution in [0.2, 0.25) is 0 Å². The molecule has 2 rings (SSSR count). The molecule has 1 aromatic carbocycles. The van der Waals surface area contributed by atoms with Crippen LogP contribution in [0.15, 0.2) is 23.0 Å². The number of benzene rings is 1. The molecule has 0 atom stereocenters. The predicted octanol–water partition coefficient (Wildman–Crippen LogP) is 0.981. The number of phenolic OH excluding ortho intramolecular Hbond substituents is 1. The number of aromatic hydroxyl groups is 1. The Kier molecular flexibility index (Phi) is 3.48. The van der Waals surface area contributed by atoms with Crippen molar-refractivity contribution < 1.29 is 10.0 Å². The Morgan fingerprint density at radius 3 is 2.45 bits per heavy atom. The van der Waals surface area contributed by atoms with E-state index in [4.69, 9.17) is 11.0 Å². The Morgan fingerprint density at radius 1 is 1.27 bits per heavy atom. The van der Waals surface area contributed by atoms with E-state index in [1.807, 2.05) is 0 Å². The first-order valence-electron chi connectivity index (χ1n) is 5.74. The van der Waals surface area contributed by atoms with Gasteiger partial charge in [0.1, 0.15) is 34.8 Å². The minimum atomic E-state index is -0.883. The number of H-pyrrole nitrogens is 1. The van der Waals surface area contributed by atoms with Gasteiger partial charge in [0, 0.05) is 11.6 Å². The van der Waals surface area contributed by atoms with Crippen molar-refractivity contribution in [3.05, 3.63) is 49.8 Å². The highest BCUT2D eigenvalue weighted by atomic mass is 16.6. The molecule has 0 unspecified atom stereocenters. The smallest absolute Gasteiger partial charge is 0.277 e. The molecule has 0 saturated heterocycles. The topological polar surface area (TPSA) is 170 Å². The molecule has 0 bridgehead atoms. The van der Waals surface area contributed by atoms with Gasteiger partial charge in [-0.15, -0.1) is 0 Å². The zero-order valence-corrected chi connectivity index (χ0v) is 10.8. The lowest BCUT2D eigenvalue weighted by Crippen LogP contribution is -2.16. The van der Waals surface area contributed by atoms with Crippen LogP contribution in [0.1, 0.15) is 11.1 Å². The van der Waals surface area contributed by atoms with Gasteiger partial charge in [-0.1, -0.05) is 0 Å². The molecule has 1 heterocycles. The van der Waals surface area contributed by atoms with Gasteiger partial charge in [-0.2, -0.15) is 10.5 Å². The number of nitro groups is 1. The maximum absolute atomic E-state index is 11.8. The molecule has 0 fully saturated rings. The second-order valence-corrected chi connectivity index (χ2v) is 4.17. The maximum atomic E-state index is 11.8. The summed E-state index contributed by atoms with van der Waals surface area (Å²) >= 11 is 0. The molecular weight excluding hydrogens is 290 g/mol. The van der Waals surface area contributed by atoms with E-state index in [0.717, 1.165) is 18.2 Å². The third kappa shape index (κ3) is 2.19. The quantitative estimate of drug-likeness (QED) is 0.547. The molecule has 0 aliphatic carbocycles. The van der Waals surface area contributed by atoms with Crippen molar-refractivity contribution in [1.82, 2.24) is 4.98 Å². The SMILES string of the molecule is N#Cc1c(N)[nH]c(=O)c(C#N)c1-c1cc(O)ccc1[N+](=O)[O-]. The average molecular weight is 297 g/mol. The van der Waals surface area contributed by atoms with Crippen molar-refractivity contribution in [3.63, 3.8) is 0 Å². The van der Waals surface area contributed by atoms with Crippen LogP contribution in [-0.2, 0) is 0 Å². The summed E-state index contributed by atoms with van der Waals surface area (Å²) in [7, 11) is 0. The van der Waals surface area contributed by atoms with Crippen LogP contribution in [0.3, 0.4) is 0 Å². The lowest BCUT2D eigenvalue weighted by atomic mass is 9.95. The number of nitrogen functional groups attached to an aromatic ring is 1. The number of nitrogens with two attached hydrogens (primary N) is 1. The number of aromatic nitrogens is 1. The van der Waals surface area contributed by atoms with E-state index < -0.39 is 21.7 Å². The molecule has 108 valence electrons. The van der Waals surface area contributed by atoms with Gasteiger partial charge in [-0.05, 0) is 12.1 Å². The zero-order valence-electron chi connectivity index (χ0n) is 10.8. The van der Waals surface area contributed by atoms with Crippen molar-refractivity contribution >= 4 is 11.5 Å². The number of hydrogen-bond donors (Lipinski definition) is 3. The highest BCUT2D eigenvalue weighted by Crippen LogP contribution is 2.36. The van der Waals surface area contributed by atoms with E-state index in [2.05, 4.69) is 4.98 Å². The van der Waals surface area contributed by atoms with E-state index in [1.165, 1.54) is 0 Å². The molecule has 0 amide bonds. The summed E-state index contributed by atoms with van der Waals surface area (Å²) in [6, 6.07) is 6.37. The molecule has 2 aromatic rings. The van der Waals surface area contributed by atoms with Gasteiger partial charge < -0.3 is 15.8 Å². The molecule has 0 aliphatic heterocycles. The number of rotatable bonds is 2. The van der Waals surface area contributed by atoms with E-state index in [1.54, 1.807) is 12.1 Å². The van der Waals surface area contributed by atoms with Crippen LogP contribution in [-0.4, -0.2) is 15.0 Å². The fourth-order valence-corrected chi connectivity index (χ4v) is 2.00. The lowest BCUT2D eigenvalue weighted by molar-refractivity contribution is -0.384. The van der Waals surface area contributed by atoms with Crippen molar-refractivity contribution in [1.29, 1.82) is 10.5 Å². The third-order valence-corrected chi connectivity index (χ3v) is 2.91. The Bertz CT molecular complexity index is 933. The maximum Gasteiger partial charge on any atom is 0.277 e. The monoisotopic (exact) mass is 297 g/mol. The number of pyridine rings is 1. The largest absolute Gasteiger partial charge is 0.508 e. The molecular formula is C13H7N5O4. The Morgan fingerprint density at radius 2 is 1.91 bits per heavy atom. The van der Waals surface area contributed by atoms with Crippen molar-refractivity contribution in [2.45, 2.75) is 0 Å². The van der Waals surface area contributed by atoms with E-state index in [9.17, 15) is 25.3 Å². The molecule has 9 heteroatoms. The van der Waals surface area contributed by atoms with Gasteiger partial charge in [0.15, 0.2) is 0 Å². The molecule has 1 aromatic heterocycles. The second-order valence-electron chi connectivity index (χ2n) is 4.17. The Labute approximate surface area is 122 Å². The predicted molar refractivity (Wildman–Crippen MR) is 74.7 cm³/mol. The molecule has 22 heavy (non-hydrogen) atoms. The standard InChI is InChI=1S/C13H7N5O4/c14-4-8-11(9(5-15)13(20)17-12(8)16)7-3-6(19)1-2-10(7)18(21)22/h1-3,19H,(H3,16,17,20). The van der Waals surface area contributed by atoms with Gasteiger partial charge in [-0.25, -0.2) is 0 Å². The first-order chi connectivity index (χ1) is 10.4. The van der Waals surface area contributed by atoms with Crippen molar-refractivity contribution in [2.75, 3.05) is 5.73 Å². The van der Waals surface area contributed by atoms with Gasteiger partial charge in [0.25, 0.3) is 11.2 Å². The van der Waals surface area contributed by atoms with Crippen LogP contribution in [0, 0.1) is 32.8 Å². The number of nitrogens with zero attached hydrogens (tertiary/aromatic N) is 3. The number of aromatic amines is 1. The summed E-state index contributed by atoms with van der Waals surface area (Å²) in [6.07, 6.45) is 0. The molecule has 0 spiro atoms. The summed E-state index contributed by atoms with van der Waals surface area (Å²) in [5.41, 5.74) is 2.87. The van der Waals surface area contributed by atoms with Crippen molar-refractivity contribution in [2.24, 2.45) is 0 Å². The molecule has 4 N–H and O–H groups in total. The first-order valence-corrected chi connectivity index (χ1v) is 5.74. The van der Waals surface area contributed by atoms with Crippen LogP contribution >= 0.6 is 0 Å². The highest BCUT2D eigenvalue weighted by Gasteiger charge is 2.25. The lowest BCUT2D eigenvalue weighted by Gasteiger charge is -2.09. The van der Waals surface area contributed by atoms with Crippen LogP contribution in [0.4, 0.5) is 11.5 Å². The number of nitro benzene ring substituents is 1. The summed E-state index contributed by atoms with van der Waals surface area (Å²) in [5, 5.41) is 39.0. The normalized spacial score (nSPS) is 9.73. The van der Waals surface area contributed by atoms with E-state index in [-0.39, 0.29) is 28.3 Å². The minimum absolute atomic E-state index is 0.240. The van der Waals surface area contributed by atoms with Gasteiger partial charge in [-0.3, -0.25) is 14.9 Å². The summed E-state index contributed by atoms with van der Waals surface area (Å²) in [5.74, 6) is -0.647. The highest BCUT2D eigenvalue weighted by molar-refractivity contribution is 5.85. The number of anilines is 1. The zero-order chi connectivity index (χ0) is 16.4. The Balaban J connectivity index is 3.05. The van der Waals surface area contributed by atoms with E-state index >= 15 is 0 Å². The molecule has 0 aliphatic rings. The molecule has 0 saturated carbocycles. The Hall–Kier alpha value is -3.85. The first kappa shape index (κ1) is 14.6. The number of hydrogen-bond acceptors (Lipinski definition) is 7. The van der Waals surface area contributed by atoms with Gasteiger partial charge >= 0.3 is 0 Å². The van der Waals surface area contributed by atoms with Gasteiger partial charge in [0.2, 0.25) is 0 Å². The van der Waals surface area contributed by atoms with Crippen molar-refractivity contribution in [3.8, 4) is 29.0 Å². The van der Waals surface area contributed by atoms with Crippen LogP contribution in [0.25, 0.3) is 11.1 Å². The number of nitrogens with one attached hydrogen (secondary N) is 1. The second kappa shape index (κ2) is 5.26.